The van der Waals surface area contributed by atoms with Gasteiger partial charge in [0.1, 0.15) is 6.04 Å². The largest absolute Gasteiger partial charge is 0.377 e. The van der Waals surface area contributed by atoms with Crippen LogP contribution in [-0.2, 0) is 9.53 Å². The molecule has 0 bridgehead atoms. The summed E-state index contributed by atoms with van der Waals surface area (Å²) in [6.45, 7) is 1.13. The lowest BCUT2D eigenvalue weighted by Crippen LogP contribution is -2.56. The van der Waals surface area contributed by atoms with E-state index in [1.165, 1.54) is 12.4 Å². The van der Waals surface area contributed by atoms with E-state index in [1.54, 1.807) is 4.90 Å². The van der Waals surface area contributed by atoms with Gasteiger partial charge >= 0.3 is 0 Å². The Labute approximate surface area is 110 Å². The van der Waals surface area contributed by atoms with E-state index in [2.05, 4.69) is 15.5 Å². The minimum absolute atomic E-state index is 0.126. The first-order chi connectivity index (χ1) is 9.25. The normalized spacial score (nSPS) is 23.2. The smallest absolute Gasteiger partial charge is 0.257 e. The predicted molar refractivity (Wildman–Crippen MR) is 65.4 cm³/mol. The Morgan fingerprint density at radius 3 is 3.00 bits per heavy atom. The third-order valence-corrected chi connectivity index (χ3v) is 3.36. The van der Waals surface area contributed by atoms with Gasteiger partial charge in [-0.2, -0.15) is 5.10 Å². The van der Waals surface area contributed by atoms with Gasteiger partial charge < -0.3 is 15.0 Å². The number of H-pyrrole nitrogens is 1. The molecule has 1 aromatic rings. The first-order valence-electron chi connectivity index (χ1n) is 6.43. The molecule has 102 valence electrons. The Balaban J connectivity index is 1.72. The molecule has 19 heavy (non-hydrogen) atoms. The predicted octanol–water partition coefficient (Wildman–Crippen LogP) is -0.471. The molecule has 1 atom stereocenters. The molecule has 2 aliphatic rings. The summed E-state index contributed by atoms with van der Waals surface area (Å²) in [5.41, 5.74) is 0.464. The number of aromatic nitrogens is 2. The molecular formula is C12H16N4O3. The van der Waals surface area contributed by atoms with Crippen LogP contribution >= 0.6 is 0 Å². The Bertz CT molecular complexity index is 469. The molecule has 2 fully saturated rings. The van der Waals surface area contributed by atoms with Gasteiger partial charge in [0.05, 0.1) is 25.0 Å². The monoisotopic (exact) mass is 264 g/mol. The number of hydrogen-bond donors (Lipinski definition) is 2. The molecule has 1 aromatic heterocycles. The van der Waals surface area contributed by atoms with Crippen molar-refractivity contribution >= 4 is 11.8 Å². The van der Waals surface area contributed by atoms with Crippen LogP contribution in [-0.4, -0.2) is 58.8 Å². The van der Waals surface area contributed by atoms with Gasteiger partial charge in [0, 0.05) is 18.8 Å². The van der Waals surface area contributed by atoms with Crippen LogP contribution in [0.2, 0.25) is 0 Å². The van der Waals surface area contributed by atoms with E-state index in [1.807, 2.05) is 0 Å². The first-order valence-corrected chi connectivity index (χ1v) is 6.43. The molecule has 1 aliphatic carbocycles. The Kier molecular flexibility index (Phi) is 3.20. The summed E-state index contributed by atoms with van der Waals surface area (Å²) in [4.78, 5) is 26.0. The molecular weight excluding hydrogens is 248 g/mol. The molecule has 7 heteroatoms. The van der Waals surface area contributed by atoms with Gasteiger partial charge in [0.25, 0.3) is 5.91 Å². The molecule has 2 amide bonds. The van der Waals surface area contributed by atoms with E-state index in [0.717, 1.165) is 12.8 Å². The SMILES string of the molecule is O=C(NC1CC1)C1COCCN1C(=O)c1cn[nH]c1. The van der Waals surface area contributed by atoms with Gasteiger partial charge in [-0.15, -0.1) is 0 Å². The highest BCUT2D eigenvalue weighted by molar-refractivity contribution is 5.97. The van der Waals surface area contributed by atoms with Crippen molar-refractivity contribution in [1.82, 2.24) is 20.4 Å². The van der Waals surface area contributed by atoms with Gasteiger partial charge in [-0.25, -0.2) is 0 Å². The zero-order chi connectivity index (χ0) is 13.2. The Hall–Kier alpha value is -1.89. The van der Waals surface area contributed by atoms with Crippen molar-refractivity contribution in [3.8, 4) is 0 Å². The summed E-state index contributed by atoms with van der Waals surface area (Å²) in [5.74, 6) is -0.313. The minimum atomic E-state index is -0.545. The van der Waals surface area contributed by atoms with Crippen molar-refractivity contribution in [1.29, 1.82) is 0 Å². The maximum atomic E-state index is 12.3. The summed E-state index contributed by atoms with van der Waals surface area (Å²) < 4.78 is 5.32. The number of hydrogen-bond acceptors (Lipinski definition) is 4. The van der Waals surface area contributed by atoms with Crippen LogP contribution in [0.1, 0.15) is 23.2 Å². The fourth-order valence-corrected chi connectivity index (χ4v) is 2.12. The van der Waals surface area contributed by atoms with Crippen molar-refractivity contribution in [2.75, 3.05) is 19.8 Å². The van der Waals surface area contributed by atoms with Gasteiger partial charge in [-0.05, 0) is 12.8 Å². The van der Waals surface area contributed by atoms with Crippen LogP contribution < -0.4 is 5.32 Å². The molecule has 1 unspecified atom stereocenters. The third kappa shape index (κ3) is 2.60. The van der Waals surface area contributed by atoms with Crippen LogP contribution in [0.5, 0.6) is 0 Å². The number of ether oxygens (including phenoxy) is 1. The number of amides is 2. The van der Waals surface area contributed by atoms with Crippen molar-refractivity contribution in [2.24, 2.45) is 0 Å². The zero-order valence-electron chi connectivity index (χ0n) is 10.5. The first kappa shape index (κ1) is 12.2. The van der Waals surface area contributed by atoms with Gasteiger partial charge in [-0.3, -0.25) is 14.7 Å². The number of carbonyl (C=O) groups is 2. The van der Waals surface area contributed by atoms with Crippen molar-refractivity contribution in [3.63, 3.8) is 0 Å². The average molecular weight is 264 g/mol. The molecule has 0 spiro atoms. The average Bonchev–Trinajstić information content (AvgIpc) is 3.08. The second-order valence-corrected chi connectivity index (χ2v) is 4.86. The minimum Gasteiger partial charge on any atom is -0.377 e. The topological polar surface area (TPSA) is 87.3 Å². The number of rotatable bonds is 3. The van der Waals surface area contributed by atoms with E-state index in [-0.39, 0.29) is 24.5 Å². The zero-order valence-corrected chi connectivity index (χ0v) is 10.5. The van der Waals surface area contributed by atoms with E-state index in [4.69, 9.17) is 4.74 Å². The molecule has 0 aromatic carbocycles. The molecule has 1 saturated carbocycles. The van der Waals surface area contributed by atoms with Gasteiger partial charge in [-0.1, -0.05) is 0 Å². The van der Waals surface area contributed by atoms with Crippen LogP contribution in [0.4, 0.5) is 0 Å². The summed E-state index contributed by atoms with van der Waals surface area (Å²) >= 11 is 0. The maximum Gasteiger partial charge on any atom is 0.257 e. The maximum absolute atomic E-state index is 12.3. The Morgan fingerprint density at radius 1 is 1.47 bits per heavy atom. The van der Waals surface area contributed by atoms with Crippen LogP contribution in [0, 0.1) is 0 Å². The van der Waals surface area contributed by atoms with Gasteiger partial charge in [0.15, 0.2) is 0 Å². The van der Waals surface area contributed by atoms with E-state index < -0.39 is 6.04 Å². The highest BCUT2D eigenvalue weighted by atomic mass is 16.5. The lowest BCUT2D eigenvalue weighted by molar-refractivity contribution is -0.130. The van der Waals surface area contributed by atoms with E-state index >= 15 is 0 Å². The Morgan fingerprint density at radius 2 is 2.32 bits per heavy atom. The standard InChI is InChI=1S/C12H16N4O3/c17-11(15-9-1-2-9)10-7-19-4-3-16(10)12(18)8-5-13-14-6-8/h5-6,9-10H,1-4,7H2,(H,13,14)(H,15,17). The highest BCUT2D eigenvalue weighted by Gasteiger charge is 2.36. The number of carbonyl (C=O) groups excluding carboxylic acids is 2. The number of nitrogens with zero attached hydrogens (tertiary/aromatic N) is 2. The van der Waals surface area contributed by atoms with Crippen LogP contribution in [0.3, 0.4) is 0 Å². The second-order valence-electron chi connectivity index (χ2n) is 4.86. The second kappa shape index (κ2) is 5.00. The summed E-state index contributed by atoms with van der Waals surface area (Å²) in [5, 5.41) is 9.29. The van der Waals surface area contributed by atoms with Crippen molar-refractivity contribution < 1.29 is 14.3 Å². The van der Waals surface area contributed by atoms with Crippen molar-refractivity contribution in [3.05, 3.63) is 18.0 Å². The summed E-state index contributed by atoms with van der Waals surface area (Å²) in [6.07, 6.45) is 5.05. The van der Waals surface area contributed by atoms with Gasteiger partial charge in [0.2, 0.25) is 5.91 Å². The molecule has 1 aliphatic heterocycles. The molecule has 2 heterocycles. The van der Waals surface area contributed by atoms with Crippen LogP contribution in [0.15, 0.2) is 12.4 Å². The molecule has 3 rings (SSSR count). The van der Waals surface area contributed by atoms with Crippen molar-refractivity contribution in [2.45, 2.75) is 24.9 Å². The highest BCUT2D eigenvalue weighted by Crippen LogP contribution is 2.20. The fraction of sp³-hybridized carbons (Fsp3) is 0.583. The number of nitrogens with one attached hydrogen (secondary N) is 2. The molecule has 2 N–H and O–H groups in total. The molecule has 1 saturated heterocycles. The van der Waals surface area contributed by atoms with E-state index in [9.17, 15) is 9.59 Å². The van der Waals surface area contributed by atoms with E-state index in [0.29, 0.717) is 18.7 Å². The van der Waals surface area contributed by atoms with Crippen LogP contribution in [0.25, 0.3) is 0 Å². The fourth-order valence-electron chi connectivity index (χ4n) is 2.12. The lowest BCUT2D eigenvalue weighted by Gasteiger charge is -2.34. The summed E-state index contributed by atoms with van der Waals surface area (Å²) in [6, 6.07) is -0.267. The third-order valence-electron chi connectivity index (χ3n) is 3.36. The summed E-state index contributed by atoms with van der Waals surface area (Å²) in [7, 11) is 0. The number of morpholine rings is 1. The quantitative estimate of drug-likeness (QED) is 0.772. The lowest BCUT2D eigenvalue weighted by atomic mass is 10.1. The molecule has 0 radical (unpaired) electrons. The number of aromatic amines is 1. The molecule has 7 nitrogen and oxygen atoms in total.